The number of likely N-dealkylation sites (tertiary alicyclic amines) is 1. The number of hydrogen-bond acceptors (Lipinski definition) is 2. The van der Waals surface area contributed by atoms with E-state index in [4.69, 9.17) is 5.73 Å². The first-order chi connectivity index (χ1) is 9.78. The lowest BCUT2D eigenvalue weighted by atomic mass is 9.96. The minimum Gasteiger partial charge on any atom is -0.399 e. The zero-order valence-corrected chi connectivity index (χ0v) is 13.0. The Labute approximate surface area is 124 Å². The molecule has 2 rings (SSSR count). The van der Waals surface area contributed by atoms with Crippen LogP contribution in [0, 0.1) is 5.92 Å². The maximum absolute atomic E-state index is 5.83. The van der Waals surface area contributed by atoms with Crippen LogP contribution in [-0.4, -0.2) is 24.5 Å². The zero-order valence-electron chi connectivity index (χ0n) is 13.0. The highest BCUT2D eigenvalue weighted by Crippen LogP contribution is 2.22. The van der Waals surface area contributed by atoms with Crippen molar-refractivity contribution in [1.29, 1.82) is 0 Å². The Morgan fingerprint density at radius 3 is 2.95 bits per heavy atom. The number of rotatable bonds is 6. The molecule has 0 aromatic heterocycles. The van der Waals surface area contributed by atoms with Gasteiger partial charge in [-0.05, 0) is 75.4 Å². The van der Waals surface area contributed by atoms with Crippen molar-refractivity contribution in [3.63, 3.8) is 0 Å². The van der Waals surface area contributed by atoms with Gasteiger partial charge in [0.15, 0.2) is 0 Å². The summed E-state index contributed by atoms with van der Waals surface area (Å²) in [5.74, 6) is 0.985. The lowest BCUT2D eigenvalue weighted by Gasteiger charge is -2.20. The van der Waals surface area contributed by atoms with Crippen LogP contribution in [0.25, 0.3) is 0 Å². The predicted octanol–water partition coefficient (Wildman–Crippen LogP) is 4.10. The van der Waals surface area contributed by atoms with E-state index in [-0.39, 0.29) is 0 Å². The van der Waals surface area contributed by atoms with Gasteiger partial charge in [0.2, 0.25) is 0 Å². The van der Waals surface area contributed by atoms with Crippen LogP contribution < -0.4 is 5.73 Å². The summed E-state index contributed by atoms with van der Waals surface area (Å²) in [6.07, 6.45) is 9.42. The van der Waals surface area contributed by atoms with Crippen molar-refractivity contribution in [2.24, 2.45) is 5.92 Å². The summed E-state index contributed by atoms with van der Waals surface area (Å²) in [4.78, 5) is 2.67. The molecular formula is C18H30N2. The maximum Gasteiger partial charge on any atom is 0.0316 e. The number of nitrogen functional groups attached to an aromatic ring is 1. The van der Waals surface area contributed by atoms with E-state index >= 15 is 0 Å². The molecule has 1 fully saturated rings. The monoisotopic (exact) mass is 274 g/mol. The van der Waals surface area contributed by atoms with Crippen molar-refractivity contribution < 1.29 is 0 Å². The van der Waals surface area contributed by atoms with Crippen molar-refractivity contribution in [1.82, 2.24) is 4.90 Å². The van der Waals surface area contributed by atoms with Crippen molar-refractivity contribution in [2.75, 3.05) is 25.4 Å². The number of nitrogens with zero attached hydrogens (tertiary/aromatic N) is 1. The van der Waals surface area contributed by atoms with Crippen LogP contribution in [0.4, 0.5) is 5.69 Å². The molecule has 20 heavy (non-hydrogen) atoms. The van der Waals surface area contributed by atoms with Gasteiger partial charge in [-0.25, -0.2) is 0 Å². The molecule has 0 spiro atoms. The van der Waals surface area contributed by atoms with Gasteiger partial charge in [-0.15, -0.1) is 0 Å². The third kappa shape index (κ3) is 5.16. The van der Waals surface area contributed by atoms with E-state index in [9.17, 15) is 0 Å². The minimum atomic E-state index is 0.889. The van der Waals surface area contributed by atoms with Crippen LogP contribution in [-0.2, 0) is 6.42 Å². The first kappa shape index (κ1) is 15.4. The Balaban J connectivity index is 1.69. The number of hydrogen-bond donors (Lipinski definition) is 1. The highest BCUT2D eigenvalue weighted by molar-refractivity contribution is 5.40. The van der Waals surface area contributed by atoms with Gasteiger partial charge in [-0.3, -0.25) is 0 Å². The number of aryl methyl sites for hydroxylation is 1. The Hall–Kier alpha value is -1.02. The van der Waals surface area contributed by atoms with Crippen LogP contribution >= 0.6 is 0 Å². The standard InChI is InChI=1S/C18H30N2/c1-2-6-16-8-4-12-20(14-11-16)13-5-9-17-7-3-10-18(19)15-17/h3,7,10,15-16H,2,4-6,8-9,11-14,19H2,1H3. The molecule has 1 aromatic rings. The molecule has 112 valence electrons. The molecule has 1 unspecified atom stereocenters. The molecule has 0 radical (unpaired) electrons. The third-order valence-corrected chi connectivity index (χ3v) is 4.53. The lowest BCUT2D eigenvalue weighted by molar-refractivity contribution is 0.276. The largest absolute Gasteiger partial charge is 0.399 e. The van der Waals surface area contributed by atoms with Gasteiger partial charge in [0.05, 0.1) is 0 Å². The molecule has 0 bridgehead atoms. The molecule has 2 heteroatoms. The molecule has 2 N–H and O–H groups in total. The quantitative estimate of drug-likeness (QED) is 0.791. The third-order valence-electron chi connectivity index (χ3n) is 4.53. The molecule has 1 heterocycles. The molecular weight excluding hydrogens is 244 g/mol. The van der Waals surface area contributed by atoms with E-state index in [0.717, 1.165) is 18.0 Å². The maximum atomic E-state index is 5.83. The Bertz CT molecular complexity index is 389. The second kappa shape index (κ2) is 8.31. The summed E-state index contributed by atoms with van der Waals surface area (Å²) in [5.41, 5.74) is 8.09. The molecule has 1 aliphatic rings. The van der Waals surface area contributed by atoms with Gasteiger partial charge in [0.1, 0.15) is 0 Å². The van der Waals surface area contributed by atoms with E-state index in [1.807, 2.05) is 6.07 Å². The average molecular weight is 274 g/mol. The van der Waals surface area contributed by atoms with Crippen LogP contribution in [0.5, 0.6) is 0 Å². The van der Waals surface area contributed by atoms with E-state index in [1.165, 1.54) is 63.7 Å². The van der Waals surface area contributed by atoms with Crippen LogP contribution in [0.1, 0.15) is 51.0 Å². The van der Waals surface area contributed by atoms with Gasteiger partial charge >= 0.3 is 0 Å². The molecule has 1 saturated heterocycles. The Kier molecular flexibility index (Phi) is 6.38. The summed E-state index contributed by atoms with van der Waals surface area (Å²) in [5, 5.41) is 0. The zero-order chi connectivity index (χ0) is 14.2. The average Bonchev–Trinajstić information content (AvgIpc) is 2.65. The number of anilines is 1. The van der Waals surface area contributed by atoms with Gasteiger partial charge in [0, 0.05) is 5.69 Å². The fraction of sp³-hybridized carbons (Fsp3) is 0.667. The van der Waals surface area contributed by atoms with Crippen molar-refractivity contribution >= 4 is 5.69 Å². The number of benzene rings is 1. The van der Waals surface area contributed by atoms with E-state index in [0.29, 0.717) is 0 Å². The number of nitrogens with two attached hydrogens (primary N) is 1. The van der Waals surface area contributed by atoms with E-state index in [1.54, 1.807) is 0 Å². The van der Waals surface area contributed by atoms with Gasteiger partial charge in [-0.2, -0.15) is 0 Å². The first-order valence-electron chi connectivity index (χ1n) is 8.34. The predicted molar refractivity (Wildman–Crippen MR) is 87.9 cm³/mol. The topological polar surface area (TPSA) is 29.3 Å². The molecule has 0 saturated carbocycles. The first-order valence-corrected chi connectivity index (χ1v) is 8.34. The molecule has 0 amide bonds. The summed E-state index contributed by atoms with van der Waals surface area (Å²) >= 11 is 0. The van der Waals surface area contributed by atoms with Crippen molar-refractivity contribution in [2.45, 2.75) is 51.9 Å². The second-order valence-corrected chi connectivity index (χ2v) is 6.28. The fourth-order valence-corrected chi connectivity index (χ4v) is 3.40. The summed E-state index contributed by atoms with van der Waals surface area (Å²) in [6.45, 7) is 6.17. The molecule has 1 aliphatic heterocycles. The van der Waals surface area contributed by atoms with Crippen molar-refractivity contribution in [3.05, 3.63) is 29.8 Å². The van der Waals surface area contributed by atoms with Crippen LogP contribution in [0.3, 0.4) is 0 Å². The Morgan fingerprint density at radius 1 is 1.25 bits per heavy atom. The van der Waals surface area contributed by atoms with E-state index in [2.05, 4.69) is 30.0 Å². The lowest BCUT2D eigenvalue weighted by Crippen LogP contribution is -2.26. The second-order valence-electron chi connectivity index (χ2n) is 6.28. The van der Waals surface area contributed by atoms with E-state index < -0.39 is 0 Å². The normalized spacial score (nSPS) is 20.8. The molecule has 2 nitrogen and oxygen atoms in total. The Morgan fingerprint density at radius 2 is 2.15 bits per heavy atom. The van der Waals surface area contributed by atoms with Crippen LogP contribution in [0.15, 0.2) is 24.3 Å². The summed E-state index contributed by atoms with van der Waals surface area (Å²) in [6, 6.07) is 8.33. The molecule has 0 aliphatic carbocycles. The van der Waals surface area contributed by atoms with Gasteiger partial charge < -0.3 is 10.6 Å². The SMILES string of the molecule is CCCC1CCCN(CCCc2cccc(N)c2)CC1. The van der Waals surface area contributed by atoms with Gasteiger partial charge in [-0.1, -0.05) is 31.9 Å². The van der Waals surface area contributed by atoms with Crippen LogP contribution in [0.2, 0.25) is 0 Å². The van der Waals surface area contributed by atoms with Crippen molar-refractivity contribution in [3.8, 4) is 0 Å². The highest BCUT2D eigenvalue weighted by Gasteiger charge is 2.15. The highest BCUT2D eigenvalue weighted by atomic mass is 15.1. The molecule has 1 aromatic carbocycles. The summed E-state index contributed by atoms with van der Waals surface area (Å²) in [7, 11) is 0. The smallest absolute Gasteiger partial charge is 0.0316 e. The molecule has 1 atom stereocenters. The van der Waals surface area contributed by atoms with Gasteiger partial charge in [0.25, 0.3) is 0 Å². The summed E-state index contributed by atoms with van der Waals surface area (Å²) < 4.78 is 0. The minimum absolute atomic E-state index is 0.889. The fourth-order valence-electron chi connectivity index (χ4n) is 3.40.